The predicted molar refractivity (Wildman–Crippen MR) is 64.6 cm³/mol. The molecule has 2 heteroatoms. The third kappa shape index (κ3) is 2.56. The topological polar surface area (TPSA) is 29.5 Å². The van der Waals surface area contributed by atoms with Gasteiger partial charge in [-0.15, -0.1) is 0 Å². The average Bonchev–Trinajstić information content (AvgIpc) is 2.14. The van der Waals surface area contributed by atoms with Gasteiger partial charge < -0.3 is 9.84 Å². The number of ether oxygens (including phenoxy) is 1. The second-order valence-electron chi connectivity index (χ2n) is 4.83. The van der Waals surface area contributed by atoms with E-state index < -0.39 is 6.10 Å². The molecule has 0 bridgehead atoms. The zero-order valence-corrected chi connectivity index (χ0v) is 10.1. The summed E-state index contributed by atoms with van der Waals surface area (Å²) in [5.41, 5.74) is 2.07. The Morgan fingerprint density at radius 3 is 2.75 bits per heavy atom. The van der Waals surface area contributed by atoms with Gasteiger partial charge in [-0.1, -0.05) is 18.6 Å². The van der Waals surface area contributed by atoms with Gasteiger partial charge in [-0.05, 0) is 44.2 Å². The minimum atomic E-state index is -0.461. The molecule has 2 rings (SSSR count). The van der Waals surface area contributed by atoms with E-state index in [2.05, 4.69) is 0 Å². The fourth-order valence-corrected chi connectivity index (χ4v) is 1.98. The smallest absolute Gasteiger partial charge is 0.125 e. The maximum atomic E-state index is 9.65. The predicted octanol–water partition coefficient (Wildman–Crippen LogP) is 3.23. The van der Waals surface area contributed by atoms with Crippen LogP contribution in [0.3, 0.4) is 0 Å². The summed E-state index contributed by atoms with van der Waals surface area (Å²) in [6, 6.07) is 5.98. The molecule has 1 aliphatic carbocycles. The molecule has 0 heterocycles. The van der Waals surface area contributed by atoms with Crippen molar-refractivity contribution in [1.29, 1.82) is 0 Å². The lowest BCUT2D eigenvalue weighted by Crippen LogP contribution is -2.19. The van der Waals surface area contributed by atoms with E-state index in [-0.39, 0.29) is 0 Å². The highest BCUT2D eigenvalue weighted by molar-refractivity contribution is 5.38. The average molecular weight is 220 g/mol. The van der Waals surface area contributed by atoms with Gasteiger partial charge in [-0.3, -0.25) is 0 Å². The van der Waals surface area contributed by atoms with E-state index in [1.165, 1.54) is 24.8 Å². The maximum absolute atomic E-state index is 9.65. The summed E-state index contributed by atoms with van der Waals surface area (Å²) in [7, 11) is 0. The molecule has 0 radical (unpaired) electrons. The number of benzene rings is 1. The number of hydrogen-bond acceptors (Lipinski definition) is 2. The van der Waals surface area contributed by atoms with Crippen molar-refractivity contribution in [3.63, 3.8) is 0 Å². The van der Waals surface area contributed by atoms with E-state index >= 15 is 0 Å². The number of hydrogen-bond donors (Lipinski definition) is 1. The SMILES string of the molecule is Cc1ccc([C@@H](C)O)c(OCC2CCC2)c1. The van der Waals surface area contributed by atoms with E-state index in [1.54, 1.807) is 6.92 Å². The molecule has 0 saturated heterocycles. The first-order valence-corrected chi connectivity index (χ1v) is 6.08. The molecular weight excluding hydrogens is 200 g/mol. The third-order valence-electron chi connectivity index (χ3n) is 3.32. The molecule has 1 N–H and O–H groups in total. The normalized spacial score (nSPS) is 17.9. The van der Waals surface area contributed by atoms with Crippen LogP contribution in [0.15, 0.2) is 18.2 Å². The quantitative estimate of drug-likeness (QED) is 0.844. The van der Waals surface area contributed by atoms with Gasteiger partial charge in [0, 0.05) is 5.56 Å². The molecule has 16 heavy (non-hydrogen) atoms. The van der Waals surface area contributed by atoms with E-state index in [0.29, 0.717) is 0 Å². The largest absolute Gasteiger partial charge is 0.493 e. The molecule has 0 amide bonds. The van der Waals surface area contributed by atoms with Crippen molar-refractivity contribution in [3.8, 4) is 5.75 Å². The Kier molecular flexibility index (Phi) is 3.49. The summed E-state index contributed by atoms with van der Waals surface area (Å²) in [4.78, 5) is 0. The molecule has 88 valence electrons. The van der Waals surface area contributed by atoms with Gasteiger partial charge in [0.05, 0.1) is 12.7 Å². The molecule has 1 saturated carbocycles. The van der Waals surface area contributed by atoms with Crippen LogP contribution in [0.2, 0.25) is 0 Å². The van der Waals surface area contributed by atoms with Crippen molar-refractivity contribution in [3.05, 3.63) is 29.3 Å². The Labute approximate surface area is 97.3 Å². The third-order valence-corrected chi connectivity index (χ3v) is 3.32. The van der Waals surface area contributed by atoms with Crippen LogP contribution in [-0.4, -0.2) is 11.7 Å². The zero-order valence-electron chi connectivity index (χ0n) is 10.1. The Bertz CT molecular complexity index is 354. The summed E-state index contributed by atoms with van der Waals surface area (Å²) in [5.74, 6) is 1.57. The molecule has 1 aromatic rings. The minimum absolute atomic E-state index is 0.461. The lowest BCUT2D eigenvalue weighted by Gasteiger charge is -2.26. The molecule has 1 fully saturated rings. The molecule has 0 spiro atoms. The van der Waals surface area contributed by atoms with E-state index in [9.17, 15) is 5.11 Å². The summed E-state index contributed by atoms with van der Waals surface area (Å²) < 4.78 is 5.82. The number of rotatable bonds is 4. The van der Waals surface area contributed by atoms with Crippen molar-refractivity contribution in [1.82, 2.24) is 0 Å². The van der Waals surface area contributed by atoms with Crippen LogP contribution < -0.4 is 4.74 Å². The summed E-state index contributed by atoms with van der Waals surface area (Å²) in [6.45, 7) is 4.62. The van der Waals surface area contributed by atoms with Crippen molar-refractivity contribution in [2.45, 2.75) is 39.2 Å². The Hall–Kier alpha value is -1.02. The molecule has 1 aliphatic rings. The summed E-state index contributed by atoms with van der Waals surface area (Å²) >= 11 is 0. The van der Waals surface area contributed by atoms with Crippen LogP contribution in [0.1, 0.15) is 43.4 Å². The van der Waals surface area contributed by atoms with Gasteiger partial charge >= 0.3 is 0 Å². The van der Waals surface area contributed by atoms with Crippen LogP contribution in [0.4, 0.5) is 0 Å². The van der Waals surface area contributed by atoms with Gasteiger partial charge in [0.15, 0.2) is 0 Å². The van der Waals surface area contributed by atoms with E-state index in [1.807, 2.05) is 25.1 Å². The Balaban J connectivity index is 2.06. The van der Waals surface area contributed by atoms with Crippen LogP contribution in [0.5, 0.6) is 5.75 Å². The highest BCUT2D eigenvalue weighted by Crippen LogP contribution is 2.30. The van der Waals surface area contributed by atoms with Crippen LogP contribution in [0.25, 0.3) is 0 Å². The first-order chi connectivity index (χ1) is 7.66. The van der Waals surface area contributed by atoms with Crippen LogP contribution >= 0.6 is 0 Å². The van der Waals surface area contributed by atoms with Gasteiger partial charge in [0.1, 0.15) is 5.75 Å². The first-order valence-electron chi connectivity index (χ1n) is 6.08. The molecule has 1 atom stereocenters. The van der Waals surface area contributed by atoms with Crippen molar-refractivity contribution >= 4 is 0 Å². The monoisotopic (exact) mass is 220 g/mol. The molecule has 0 aromatic heterocycles. The molecular formula is C14H20O2. The fraction of sp³-hybridized carbons (Fsp3) is 0.571. The molecule has 0 unspecified atom stereocenters. The number of aliphatic hydroxyl groups is 1. The molecule has 2 nitrogen and oxygen atoms in total. The summed E-state index contributed by atoms with van der Waals surface area (Å²) in [5, 5.41) is 9.65. The molecule has 0 aliphatic heterocycles. The lowest BCUT2D eigenvalue weighted by atomic mass is 9.86. The highest BCUT2D eigenvalue weighted by Gasteiger charge is 2.19. The first kappa shape index (κ1) is 11.5. The summed E-state index contributed by atoms with van der Waals surface area (Å²) in [6.07, 6.45) is 3.45. The van der Waals surface area contributed by atoms with Gasteiger partial charge in [0.2, 0.25) is 0 Å². The van der Waals surface area contributed by atoms with Gasteiger partial charge in [-0.2, -0.15) is 0 Å². The second kappa shape index (κ2) is 4.88. The zero-order chi connectivity index (χ0) is 11.5. The lowest BCUT2D eigenvalue weighted by molar-refractivity contribution is 0.164. The number of aryl methyl sites for hydroxylation is 1. The van der Waals surface area contributed by atoms with Crippen molar-refractivity contribution < 1.29 is 9.84 Å². The van der Waals surface area contributed by atoms with Crippen LogP contribution in [-0.2, 0) is 0 Å². The van der Waals surface area contributed by atoms with E-state index in [4.69, 9.17) is 4.74 Å². The Morgan fingerprint density at radius 1 is 1.44 bits per heavy atom. The van der Waals surface area contributed by atoms with Gasteiger partial charge in [-0.25, -0.2) is 0 Å². The molecule has 1 aromatic carbocycles. The van der Waals surface area contributed by atoms with Crippen molar-refractivity contribution in [2.75, 3.05) is 6.61 Å². The standard InChI is InChI=1S/C14H20O2/c1-10-6-7-13(11(2)15)14(8-10)16-9-12-4-3-5-12/h6-8,11-12,15H,3-5,9H2,1-2H3/t11-/m1/s1. The fourth-order valence-electron chi connectivity index (χ4n) is 1.98. The number of aliphatic hydroxyl groups excluding tert-OH is 1. The Morgan fingerprint density at radius 2 is 2.19 bits per heavy atom. The van der Waals surface area contributed by atoms with E-state index in [0.717, 1.165) is 23.8 Å². The van der Waals surface area contributed by atoms with Crippen molar-refractivity contribution in [2.24, 2.45) is 5.92 Å². The maximum Gasteiger partial charge on any atom is 0.125 e. The highest BCUT2D eigenvalue weighted by atomic mass is 16.5. The minimum Gasteiger partial charge on any atom is -0.493 e. The van der Waals surface area contributed by atoms with Crippen LogP contribution in [0, 0.1) is 12.8 Å². The second-order valence-corrected chi connectivity index (χ2v) is 4.83. The van der Waals surface area contributed by atoms with Gasteiger partial charge in [0.25, 0.3) is 0 Å².